The van der Waals surface area contributed by atoms with E-state index in [2.05, 4.69) is 0 Å². The number of rotatable bonds is 6. The molecule has 3 rings (SSSR count). The summed E-state index contributed by atoms with van der Waals surface area (Å²) in [4.78, 5) is 22.2. The van der Waals surface area contributed by atoms with Crippen LogP contribution in [0.2, 0.25) is 5.02 Å². The number of hydrogen-bond acceptors (Lipinski definition) is 5. The average Bonchev–Trinajstić information content (AvgIpc) is 2.68. The Morgan fingerprint density at radius 1 is 1.23 bits per heavy atom. The summed E-state index contributed by atoms with van der Waals surface area (Å²) < 4.78 is 55.8. The summed E-state index contributed by atoms with van der Waals surface area (Å²) in [6.07, 6.45) is -6.09. The van der Waals surface area contributed by atoms with Crippen LogP contribution in [-0.4, -0.2) is 36.2 Å². The van der Waals surface area contributed by atoms with Gasteiger partial charge in [-0.1, -0.05) is 11.6 Å². The molecule has 2 aromatic carbocycles. The van der Waals surface area contributed by atoms with Crippen LogP contribution in [0, 0.1) is 0 Å². The van der Waals surface area contributed by atoms with Crippen molar-refractivity contribution in [2.45, 2.75) is 19.2 Å². The fourth-order valence-corrected chi connectivity index (χ4v) is 2.97. The predicted molar refractivity (Wildman–Crippen MR) is 101 cm³/mol. The number of aliphatic carboxylic acids is 1. The van der Waals surface area contributed by atoms with Crippen LogP contribution in [0.3, 0.4) is 0 Å². The van der Waals surface area contributed by atoms with Gasteiger partial charge in [-0.05, 0) is 37.3 Å². The molecule has 6 nitrogen and oxygen atoms in total. The Hall–Kier alpha value is -3.20. The topological polar surface area (TPSA) is 82.1 Å². The molecule has 0 radical (unpaired) electrons. The molecule has 10 heteroatoms. The normalized spacial score (nSPS) is 15.5. The minimum absolute atomic E-state index is 0.00529. The number of ether oxygens (including phenoxy) is 3. The third kappa shape index (κ3) is 4.35. The molecule has 0 saturated heterocycles. The maximum atomic E-state index is 13.3. The van der Waals surface area contributed by atoms with Crippen LogP contribution < -0.4 is 14.2 Å². The molecule has 0 fully saturated rings. The lowest BCUT2D eigenvalue weighted by atomic mass is 10.0. The monoisotopic (exact) mass is 442 g/mol. The van der Waals surface area contributed by atoms with E-state index >= 15 is 0 Å². The molecular weight excluding hydrogens is 429 g/mol. The van der Waals surface area contributed by atoms with Crippen molar-refractivity contribution in [3.05, 3.63) is 52.1 Å². The highest BCUT2D eigenvalue weighted by molar-refractivity contribution is 6.32. The van der Waals surface area contributed by atoms with E-state index in [1.807, 2.05) is 0 Å². The number of halogens is 4. The number of alkyl halides is 3. The van der Waals surface area contributed by atoms with Crippen LogP contribution in [0.1, 0.15) is 22.8 Å². The van der Waals surface area contributed by atoms with Gasteiger partial charge < -0.3 is 19.3 Å². The Labute approximate surface area is 173 Å². The molecule has 1 atom stereocenters. The molecule has 0 spiro atoms. The van der Waals surface area contributed by atoms with Gasteiger partial charge in [-0.15, -0.1) is 0 Å². The highest BCUT2D eigenvalue weighted by Gasteiger charge is 2.48. The van der Waals surface area contributed by atoms with Crippen molar-refractivity contribution in [1.29, 1.82) is 0 Å². The average molecular weight is 443 g/mol. The lowest BCUT2D eigenvalue weighted by molar-refractivity contribution is -0.187. The fourth-order valence-electron chi connectivity index (χ4n) is 2.76. The summed E-state index contributed by atoms with van der Waals surface area (Å²) in [7, 11) is 0. The van der Waals surface area contributed by atoms with Gasteiger partial charge in [-0.3, -0.25) is 4.79 Å². The van der Waals surface area contributed by atoms with E-state index in [0.717, 1.165) is 12.1 Å². The molecule has 0 aromatic heterocycles. The van der Waals surface area contributed by atoms with Crippen molar-refractivity contribution in [1.82, 2.24) is 0 Å². The van der Waals surface area contributed by atoms with E-state index in [9.17, 15) is 22.8 Å². The molecule has 1 aliphatic heterocycles. The predicted octanol–water partition coefficient (Wildman–Crippen LogP) is 5.13. The lowest BCUT2D eigenvalue weighted by Crippen LogP contribution is -2.40. The summed E-state index contributed by atoms with van der Waals surface area (Å²) in [5, 5.41) is 9.10. The summed E-state index contributed by atoms with van der Waals surface area (Å²) in [5.74, 6) is -1.63. The van der Waals surface area contributed by atoms with Crippen molar-refractivity contribution in [3.63, 3.8) is 0 Å². The van der Waals surface area contributed by atoms with Crippen LogP contribution in [-0.2, 0) is 4.79 Å². The quantitative estimate of drug-likeness (QED) is 0.624. The number of hydrogen-bond donors (Lipinski definition) is 1. The molecule has 0 bridgehead atoms. The molecule has 1 heterocycles. The molecule has 1 N–H and O–H groups in total. The number of carboxylic acid groups (broad SMARTS) is 1. The van der Waals surface area contributed by atoms with E-state index in [-0.39, 0.29) is 40.2 Å². The van der Waals surface area contributed by atoms with Gasteiger partial charge in [-0.25, -0.2) is 4.79 Å². The summed E-state index contributed by atoms with van der Waals surface area (Å²) >= 11 is 6.18. The molecule has 2 aromatic rings. The standard InChI is InChI=1S/C20H14ClF3O6/c1-2-28-17-5-10(9-25)3-4-14(17)29-16-8-15-11(7-13(16)21)6-12(19(26)27)18(30-15)20(22,23)24/h3-9,18H,2H2,1H3,(H,26,27). The molecule has 158 valence electrons. The van der Waals surface area contributed by atoms with Gasteiger partial charge in [0, 0.05) is 17.2 Å². The van der Waals surface area contributed by atoms with Gasteiger partial charge in [0.05, 0.1) is 17.2 Å². The Kier molecular flexibility index (Phi) is 5.93. The van der Waals surface area contributed by atoms with Crippen molar-refractivity contribution in [2.75, 3.05) is 6.61 Å². The van der Waals surface area contributed by atoms with Crippen LogP contribution in [0.25, 0.3) is 6.08 Å². The minimum Gasteiger partial charge on any atom is -0.490 e. The molecule has 1 aliphatic rings. The zero-order valence-electron chi connectivity index (χ0n) is 15.3. The van der Waals surface area contributed by atoms with Gasteiger partial charge in [-0.2, -0.15) is 13.2 Å². The first-order chi connectivity index (χ1) is 14.1. The maximum Gasteiger partial charge on any atom is 0.430 e. The van der Waals surface area contributed by atoms with Crippen LogP contribution in [0.15, 0.2) is 35.9 Å². The van der Waals surface area contributed by atoms with E-state index in [1.165, 1.54) is 24.3 Å². The third-order valence-corrected chi connectivity index (χ3v) is 4.37. The molecule has 0 aliphatic carbocycles. The van der Waals surface area contributed by atoms with Gasteiger partial charge in [0.2, 0.25) is 6.10 Å². The number of fused-ring (bicyclic) bond motifs is 1. The Balaban J connectivity index is 2.02. The molecule has 0 amide bonds. The third-order valence-electron chi connectivity index (χ3n) is 4.07. The molecule has 0 saturated carbocycles. The SMILES string of the molecule is CCOc1cc(C=O)ccc1Oc1cc2c(cc1Cl)C=C(C(=O)O)C(C(F)(F)F)O2. The number of aldehydes is 1. The van der Waals surface area contributed by atoms with Crippen LogP contribution in [0.4, 0.5) is 13.2 Å². The van der Waals surface area contributed by atoms with Gasteiger partial charge in [0.25, 0.3) is 0 Å². The second-order valence-corrected chi connectivity index (χ2v) is 6.53. The van der Waals surface area contributed by atoms with Crippen molar-refractivity contribution in [2.24, 2.45) is 0 Å². The first-order valence-electron chi connectivity index (χ1n) is 8.55. The summed E-state index contributed by atoms with van der Waals surface area (Å²) in [5.41, 5.74) is -0.556. The second-order valence-electron chi connectivity index (χ2n) is 6.12. The molecule has 30 heavy (non-hydrogen) atoms. The Morgan fingerprint density at radius 3 is 2.57 bits per heavy atom. The zero-order valence-corrected chi connectivity index (χ0v) is 16.1. The van der Waals surface area contributed by atoms with E-state index in [4.69, 9.17) is 30.9 Å². The second kappa shape index (κ2) is 8.27. The van der Waals surface area contributed by atoms with E-state index < -0.39 is 23.8 Å². The first kappa shape index (κ1) is 21.5. The number of benzene rings is 2. The number of carbonyl (C=O) groups excluding carboxylic acids is 1. The van der Waals surface area contributed by atoms with Crippen LogP contribution in [0.5, 0.6) is 23.0 Å². The minimum atomic E-state index is -4.94. The lowest BCUT2D eigenvalue weighted by Gasteiger charge is -2.27. The highest BCUT2D eigenvalue weighted by Crippen LogP contribution is 2.43. The van der Waals surface area contributed by atoms with E-state index in [0.29, 0.717) is 11.8 Å². The fraction of sp³-hybridized carbons (Fsp3) is 0.200. The highest BCUT2D eigenvalue weighted by atomic mass is 35.5. The van der Waals surface area contributed by atoms with Gasteiger partial charge >= 0.3 is 12.1 Å². The Bertz CT molecular complexity index is 1030. The number of carboxylic acids is 1. The Morgan fingerprint density at radius 2 is 1.97 bits per heavy atom. The largest absolute Gasteiger partial charge is 0.490 e. The summed E-state index contributed by atoms with van der Waals surface area (Å²) in [6.45, 7) is 2.00. The van der Waals surface area contributed by atoms with E-state index in [1.54, 1.807) is 6.92 Å². The number of carbonyl (C=O) groups is 2. The zero-order chi connectivity index (χ0) is 22.1. The molecule has 1 unspecified atom stereocenters. The van der Waals surface area contributed by atoms with Crippen molar-refractivity contribution in [3.8, 4) is 23.0 Å². The van der Waals surface area contributed by atoms with Crippen molar-refractivity contribution >= 4 is 29.9 Å². The smallest absolute Gasteiger partial charge is 0.430 e. The van der Waals surface area contributed by atoms with Crippen molar-refractivity contribution < 1.29 is 42.1 Å². The first-order valence-corrected chi connectivity index (χ1v) is 8.93. The van der Waals surface area contributed by atoms with Gasteiger partial charge in [0.1, 0.15) is 17.8 Å². The molecular formula is C20H14ClF3O6. The van der Waals surface area contributed by atoms with Gasteiger partial charge in [0.15, 0.2) is 11.5 Å². The van der Waals surface area contributed by atoms with Crippen LogP contribution >= 0.6 is 11.6 Å². The summed E-state index contributed by atoms with van der Waals surface area (Å²) in [6, 6.07) is 6.73. The maximum absolute atomic E-state index is 13.3.